The summed E-state index contributed by atoms with van der Waals surface area (Å²) in [6, 6.07) is 0. The van der Waals surface area contributed by atoms with Crippen LogP contribution in [0.2, 0.25) is 0 Å². The van der Waals surface area contributed by atoms with Crippen LogP contribution in [0.4, 0.5) is 0 Å². The van der Waals surface area contributed by atoms with Crippen molar-refractivity contribution in [3.05, 3.63) is 0 Å². The summed E-state index contributed by atoms with van der Waals surface area (Å²) in [5.74, 6) is -0.0530. The van der Waals surface area contributed by atoms with Gasteiger partial charge in [0.15, 0.2) is 0 Å². The highest BCUT2D eigenvalue weighted by Gasteiger charge is 2.25. The molecule has 1 atom stereocenters. The number of ether oxygens (including phenoxy) is 1. The third kappa shape index (κ3) is 12.1. The van der Waals surface area contributed by atoms with Crippen LogP contribution in [-0.2, 0) is 9.53 Å². The molecule has 1 unspecified atom stereocenters. The van der Waals surface area contributed by atoms with Gasteiger partial charge in [-0.3, -0.25) is 4.79 Å². The molecule has 0 heterocycles. The Morgan fingerprint density at radius 2 is 1.23 bits per heavy atom. The summed E-state index contributed by atoms with van der Waals surface area (Å²) in [6.45, 7) is 9.30. The van der Waals surface area contributed by atoms with E-state index in [4.69, 9.17) is 4.74 Å². The summed E-state index contributed by atoms with van der Waals surface area (Å²) in [6.07, 6.45) is 16.1. The van der Waals surface area contributed by atoms with Gasteiger partial charge >= 0.3 is 5.97 Å². The number of rotatable bonds is 15. The fraction of sp³-hybridized carbons (Fsp3) is 0.950. The molecule has 0 saturated heterocycles. The summed E-state index contributed by atoms with van der Waals surface area (Å²) in [7, 11) is 0. The molecule has 132 valence electrons. The minimum absolute atomic E-state index is 0.0530. The van der Waals surface area contributed by atoms with E-state index in [9.17, 15) is 4.79 Å². The Morgan fingerprint density at radius 1 is 0.773 bits per heavy atom. The number of esters is 1. The maximum atomic E-state index is 11.5. The second kappa shape index (κ2) is 14.1. The third-order valence-corrected chi connectivity index (χ3v) is 4.64. The summed E-state index contributed by atoms with van der Waals surface area (Å²) < 4.78 is 5.47. The zero-order valence-electron chi connectivity index (χ0n) is 15.7. The zero-order chi connectivity index (χ0) is 16.7. The van der Waals surface area contributed by atoms with E-state index in [1.165, 1.54) is 77.0 Å². The fourth-order valence-corrected chi connectivity index (χ4v) is 2.94. The molecule has 0 aliphatic carbocycles. The van der Waals surface area contributed by atoms with Crippen LogP contribution in [-0.4, -0.2) is 12.6 Å². The van der Waals surface area contributed by atoms with Gasteiger partial charge in [0.05, 0.1) is 6.61 Å². The van der Waals surface area contributed by atoms with Crippen molar-refractivity contribution in [2.24, 2.45) is 5.41 Å². The molecule has 2 heteroatoms. The van der Waals surface area contributed by atoms with Crippen molar-refractivity contribution in [1.29, 1.82) is 0 Å². The second-order valence-corrected chi connectivity index (χ2v) is 7.15. The highest BCUT2D eigenvalue weighted by atomic mass is 16.5. The maximum absolute atomic E-state index is 11.5. The van der Waals surface area contributed by atoms with Crippen molar-refractivity contribution in [2.75, 3.05) is 6.61 Å². The lowest BCUT2D eigenvalue weighted by Gasteiger charge is -2.29. The van der Waals surface area contributed by atoms with Gasteiger partial charge in [-0.25, -0.2) is 0 Å². The number of hydrogen-bond donors (Lipinski definition) is 0. The van der Waals surface area contributed by atoms with Gasteiger partial charge in [-0.2, -0.15) is 0 Å². The standard InChI is InChI=1S/C20H40O2/c1-5-8-10-12-13-15-17-20(4,16-14-11-9-6-2)18-22-19(21)7-3/h5-18H2,1-4H3. The Hall–Kier alpha value is -0.530. The second-order valence-electron chi connectivity index (χ2n) is 7.15. The number of unbranched alkanes of at least 4 members (excludes halogenated alkanes) is 8. The van der Waals surface area contributed by atoms with Crippen molar-refractivity contribution in [2.45, 2.75) is 111 Å². The normalized spacial score (nSPS) is 13.8. The molecule has 0 amide bonds. The summed E-state index contributed by atoms with van der Waals surface area (Å²) in [5.41, 5.74) is 0.184. The van der Waals surface area contributed by atoms with Gasteiger partial charge in [-0.15, -0.1) is 0 Å². The average Bonchev–Trinajstić information content (AvgIpc) is 2.53. The largest absolute Gasteiger partial charge is 0.465 e. The molecule has 0 rings (SSSR count). The fourth-order valence-electron chi connectivity index (χ4n) is 2.94. The van der Waals surface area contributed by atoms with Gasteiger partial charge in [0.1, 0.15) is 0 Å². The molecule has 0 aromatic carbocycles. The van der Waals surface area contributed by atoms with Crippen LogP contribution in [0.25, 0.3) is 0 Å². The first-order chi connectivity index (χ1) is 10.6. The monoisotopic (exact) mass is 312 g/mol. The molecular weight excluding hydrogens is 272 g/mol. The first-order valence-corrected chi connectivity index (χ1v) is 9.73. The summed E-state index contributed by atoms with van der Waals surface area (Å²) >= 11 is 0. The molecule has 0 aromatic heterocycles. The molecule has 0 saturated carbocycles. The van der Waals surface area contributed by atoms with E-state index in [1.807, 2.05) is 6.92 Å². The zero-order valence-corrected chi connectivity index (χ0v) is 15.7. The van der Waals surface area contributed by atoms with Crippen LogP contribution in [0, 0.1) is 5.41 Å². The highest BCUT2D eigenvalue weighted by molar-refractivity contribution is 5.68. The smallest absolute Gasteiger partial charge is 0.305 e. The average molecular weight is 313 g/mol. The molecular formula is C20H40O2. The highest BCUT2D eigenvalue weighted by Crippen LogP contribution is 2.32. The Morgan fingerprint density at radius 3 is 1.73 bits per heavy atom. The molecule has 22 heavy (non-hydrogen) atoms. The third-order valence-electron chi connectivity index (χ3n) is 4.64. The topological polar surface area (TPSA) is 26.3 Å². The van der Waals surface area contributed by atoms with Crippen LogP contribution in [0.1, 0.15) is 111 Å². The molecule has 0 bridgehead atoms. The predicted molar refractivity (Wildman–Crippen MR) is 96.1 cm³/mol. The van der Waals surface area contributed by atoms with Crippen LogP contribution in [0.3, 0.4) is 0 Å². The molecule has 0 radical (unpaired) electrons. The van der Waals surface area contributed by atoms with Gasteiger partial charge in [0, 0.05) is 11.8 Å². The first-order valence-electron chi connectivity index (χ1n) is 9.73. The van der Waals surface area contributed by atoms with Crippen molar-refractivity contribution in [3.8, 4) is 0 Å². The lowest BCUT2D eigenvalue weighted by molar-refractivity contribution is -0.147. The Kier molecular flexibility index (Phi) is 13.7. The molecule has 0 aromatic rings. The van der Waals surface area contributed by atoms with E-state index in [0.29, 0.717) is 13.0 Å². The van der Waals surface area contributed by atoms with E-state index in [1.54, 1.807) is 0 Å². The van der Waals surface area contributed by atoms with Crippen LogP contribution in [0.5, 0.6) is 0 Å². The number of hydrogen-bond acceptors (Lipinski definition) is 2. The van der Waals surface area contributed by atoms with E-state index in [2.05, 4.69) is 20.8 Å². The van der Waals surface area contributed by atoms with Gasteiger partial charge in [-0.1, -0.05) is 91.9 Å². The van der Waals surface area contributed by atoms with Gasteiger partial charge < -0.3 is 4.74 Å². The summed E-state index contributed by atoms with van der Waals surface area (Å²) in [4.78, 5) is 11.5. The quantitative estimate of drug-likeness (QED) is 0.249. The Balaban J connectivity index is 4.10. The predicted octanol–water partition coefficient (Wildman–Crippen LogP) is 6.67. The minimum Gasteiger partial charge on any atom is -0.465 e. The Bertz CT molecular complexity index is 262. The summed E-state index contributed by atoms with van der Waals surface area (Å²) in [5, 5.41) is 0. The number of carbonyl (C=O) groups excluding carboxylic acids is 1. The first kappa shape index (κ1) is 21.5. The van der Waals surface area contributed by atoms with Crippen LogP contribution < -0.4 is 0 Å². The van der Waals surface area contributed by atoms with E-state index >= 15 is 0 Å². The minimum atomic E-state index is -0.0530. The van der Waals surface area contributed by atoms with Crippen LogP contribution >= 0.6 is 0 Å². The molecule has 2 nitrogen and oxygen atoms in total. The molecule has 0 N–H and O–H groups in total. The lowest BCUT2D eigenvalue weighted by atomic mass is 9.80. The van der Waals surface area contributed by atoms with Gasteiger partial charge in [0.25, 0.3) is 0 Å². The van der Waals surface area contributed by atoms with E-state index < -0.39 is 0 Å². The van der Waals surface area contributed by atoms with Crippen molar-refractivity contribution in [3.63, 3.8) is 0 Å². The van der Waals surface area contributed by atoms with Crippen molar-refractivity contribution >= 4 is 5.97 Å². The molecule has 0 aliphatic heterocycles. The lowest BCUT2D eigenvalue weighted by Crippen LogP contribution is -2.25. The number of carbonyl (C=O) groups is 1. The van der Waals surface area contributed by atoms with Crippen molar-refractivity contribution < 1.29 is 9.53 Å². The van der Waals surface area contributed by atoms with Gasteiger partial charge in [-0.05, 0) is 12.8 Å². The molecule has 0 spiro atoms. The molecule has 0 aliphatic rings. The Labute approximate surface area is 139 Å². The van der Waals surface area contributed by atoms with Crippen LogP contribution in [0.15, 0.2) is 0 Å². The SMILES string of the molecule is CCCCCCCCC(C)(CCCCCC)COC(=O)CC. The van der Waals surface area contributed by atoms with Gasteiger partial charge in [0.2, 0.25) is 0 Å². The van der Waals surface area contributed by atoms with E-state index in [-0.39, 0.29) is 11.4 Å². The van der Waals surface area contributed by atoms with Crippen molar-refractivity contribution in [1.82, 2.24) is 0 Å². The maximum Gasteiger partial charge on any atom is 0.305 e. The van der Waals surface area contributed by atoms with E-state index in [0.717, 1.165) is 0 Å². The molecule has 0 fully saturated rings.